The highest BCUT2D eigenvalue weighted by atomic mass is 16.4. The number of carboxylic acids is 2. The first kappa shape index (κ1) is 34.7. The number of rotatable bonds is 15. The number of hydrogen-bond donors (Lipinski definition) is 4. The molecule has 8 aromatic carbocycles. The fourth-order valence-electron chi connectivity index (χ4n) is 7.90. The Morgan fingerprint density at radius 3 is 1.13 bits per heavy atom. The summed E-state index contributed by atoms with van der Waals surface area (Å²) in [6.07, 6.45) is 0. The Hall–Kier alpha value is -6.36. The Kier molecular flexibility index (Phi) is 9.37. The number of amides is 2. The second-order valence-corrected chi connectivity index (χ2v) is 13.9. The Morgan fingerprint density at radius 2 is 0.759 bits per heavy atom. The van der Waals surface area contributed by atoms with Gasteiger partial charge in [0, 0.05) is 26.2 Å². The summed E-state index contributed by atoms with van der Waals surface area (Å²) in [7, 11) is 0. The number of benzene rings is 8. The first-order chi connectivity index (χ1) is 26.2. The SMILES string of the molecule is O=C(O)CN(CCN(CC(=O)O)CC(=O)NCc1ccc2ccc3cccc4ccc1c2c34)CC(=O)NCc1ccc2ccc3cccc4ccc1c2c34. The molecule has 0 aromatic heterocycles. The molecule has 0 saturated heterocycles. The van der Waals surface area contributed by atoms with Crippen LogP contribution in [0, 0.1) is 0 Å². The van der Waals surface area contributed by atoms with Crippen LogP contribution in [0.4, 0.5) is 0 Å². The molecule has 0 aliphatic rings. The maximum atomic E-state index is 13.2. The van der Waals surface area contributed by atoms with Gasteiger partial charge in [0.15, 0.2) is 0 Å². The summed E-state index contributed by atoms with van der Waals surface area (Å²) >= 11 is 0. The average molecular weight is 719 g/mol. The molecule has 0 bridgehead atoms. The predicted molar refractivity (Wildman–Crippen MR) is 212 cm³/mol. The lowest BCUT2D eigenvalue weighted by molar-refractivity contribution is -0.141. The summed E-state index contributed by atoms with van der Waals surface area (Å²) in [5, 5.41) is 38.7. The fourth-order valence-corrected chi connectivity index (χ4v) is 7.90. The predicted octanol–water partition coefficient (Wildman–Crippen LogP) is 6.19. The zero-order valence-electron chi connectivity index (χ0n) is 29.5. The van der Waals surface area contributed by atoms with Gasteiger partial charge in [-0.15, -0.1) is 0 Å². The summed E-state index contributed by atoms with van der Waals surface area (Å²) in [4.78, 5) is 52.8. The number of hydrogen-bond acceptors (Lipinski definition) is 6. The molecular weight excluding hydrogens is 681 g/mol. The van der Waals surface area contributed by atoms with Crippen molar-refractivity contribution in [3.05, 3.63) is 120 Å². The Balaban J connectivity index is 0.905. The van der Waals surface area contributed by atoms with Crippen LogP contribution in [0.25, 0.3) is 64.6 Å². The van der Waals surface area contributed by atoms with E-state index in [0.717, 1.165) is 65.0 Å². The molecule has 0 radical (unpaired) electrons. The molecule has 270 valence electrons. The first-order valence-electron chi connectivity index (χ1n) is 17.9. The Morgan fingerprint density at radius 1 is 0.426 bits per heavy atom. The van der Waals surface area contributed by atoms with Crippen LogP contribution in [0.5, 0.6) is 0 Å². The molecule has 0 atom stereocenters. The van der Waals surface area contributed by atoms with E-state index in [-0.39, 0.29) is 51.1 Å². The van der Waals surface area contributed by atoms with Gasteiger partial charge in [0.25, 0.3) is 0 Å². The summed E-state index contributed by atoms with van der Waals surface area (Å²) in [5.74, 6) is -2.97. The minimum atomic E-state index is -1.12. The molecule has 2 amide bonds. The molecule has 0 saturated carbocycles. The van der Waals surface area contributed by atoms with E-state index in [2.05, 4.69) is 83.4 Å². The fraction of sp³-hybridized carbons (Fsp3) is 0.182. The van der Waals surface area contributed by atoms with Crippen molar-refractivity contribution in [2.45, 2.75) is 13.1 Å². The molecule has 0 aliphatic carbocycles. The van der Waals surface area contributed by atoms with Gasteiger partial charge in [0.1, 0.15) is 0 Å². The van der Waals surface area contributed by atoms with Gasteiger partial charge in [-0.2, -0.15) is 0 Å². The quantitative estimate of drug-likeness (QED) is 0.0922. The lowest BCUT2D eigenvalue weighted by Crippen LogP contribution is -2.46. The maximum absolute atomic E-state index is 13.2. The van der Waals surface area contributed by atoms with Crippen LogP contribution in [0.2, 0.25) is 0 Å². The van der Waals surface area contributed by atoms with Crippen molar-refractivity contribution in [1.82, 2.24) is 20.4 Å². The van der Waals surface area contributed by atoms with Crippen LogP contribution in [0.1, 0.15) is 11.1 Å². The van der Waals surface area contributed by atoms with Crippen LogP contribution in [0.15, 0.2) is 109 Å². The van der Waals surface area contributed by atoms with Crippen molar-refractivity contribution in [1.29, 1.82) is 0 Å². The van der Waals surface area contributed by atoms with E-state index >= 15 is 0 Å². The van der Waals surface area contributed by atoms with Crippen molar-refractivity contribution in [3.8, 4) is 0 Å². The number of nitrogens with one attached hydrogen (secondary N) is 2. The molecule has 0 aliphatic heterocycles. The third-order valence-electron chi connectivity index (χ3n) is 10.4. The van der Waals surface area contributed by atoms with Crippen molar-refractivity contribution >= 4 is 88.4 Å². The molecule has 10 heteroatoms. The summed E-state index contributed by atoms with van der Waals surface area (Å²) < 4.78 is 0. The van der Waals surface area contributed by atoms with Gasteiger partial charge in [-0.1, -0.05) is 109 Å². The van der Waals surface area contributed by atoms with Gasteiger partial charge < -0.3 is 20.8 Å². The molecule has 8 aromatic rings. The third-order valence-corrected chi connectivity index (χ3v) is 10.4. The van der Waals surface area contributed by atoms with E-state index in [1.165, 1.54) is 20.6 Å². The van der Waals surface area contributed by atoms with Crippen LogP contribution >= 0.6 is 0 Å². The molecule has 8 rings (SSSR count). The lowest BCUT2D eigenvalue weighted by atomic mass is 9.92. The number of carbonyl (C=O) groups excluding carboxylic acids is 2. The molecule has 0 spiro atoms. The van der Waals surface area contributed by atoms with E-state index in [4.69, 9.17) is 0 Å². The van der Waals surface area contributed by atoms with E-state index in [9.17, 15) is 29.4 Å². The summed E-state index contributed by atoms with van der Waals surface area (Å²) in [6.45, 7) is -0.625. The highest BCUT2D eigenvalue weighted by Gasteiger charge is 2.20. The van der Waals surface area contributed by atoms with Crippen molar-refractivity contribution in [2.75, 3.05) is 39.3 Å². The molecule has 0 unspecified atom stereocenters. The highest BCUT2D eigenvalue weighted by Crippen LogP contribution is 2.37. The average Bonchev–Trinajstić information content (AvgIpc) is 3.16. The van der Waals surface area contributed by atoms with Gasteiger partial charge in [-0.3, -0.25) is 29.0 Å². The van der Waals surface area contributed by atoms with E-state index in [0.29, 0.717) is 0 Å². The molecule has 54 heavy (non-hydrogen) atoms. The molecule has 4 N–H and O–H groups in total. The van der Waals surface area contributed by atoms with Gasteiger partial charge in [-0.25, -0.2) is 0 Å². The van der Waals surface area contributed by atoms with Crippen molar-refractivity contribution in [3.63, 3.8) is 0 Å². The van der Waals surface area contributed by atoms with Crippen LogP contribution in [-0.2, 0) is 32.3 Å². The summed E-state index contributed by atoms with van der Waals surface area (Å²) in [5.41, 5.74) is 1.89. The van der Waals surface area contributed by atoms with Crippen LogP contribution in [0.3, 0.4) is 0 Å². The monoisotopic (exact) mass is 718 g/mol. The minimum Gasteiger partial charge on any atom is -0.480 e. The smallest absolute Gasteiger partial charge is 0.317 e. The van der Waals surface area contributed by atoms with E-state index < -0.39 is 25.0 Å². The Labute approximate surface area is 310 Å². The molecule has 10 nitrogen and oxygen atoms in total. The standard InChI is InChI=1S/C44H38N4O6/c49-37(45-21-33-13-11-31-9-7-27-3-1-5-29-15-17-35(33)43(31)41(27)29)23-47(25-39(51)52)19-20-48(26-40(53)54)24-38(50)46-22-34-14-12-32-10-8-28-4-2-6-30-16-18-36(34)44(32)42(28)30/h1-18H,19-26H2,(H,45,49)(H,46,50)(H,51,52)(H,53,54). The zero-order chi connectivity index (χ0) is 37.3. The third kappa shape index (κ3) is 6.92. The zero-order valence-corrected chi connectivity index (χ0v) is 29.5. The second-order valence-electron chi connectivity index (χ2n) is 13.9. The number of carbonyl (C=O) groups is 4. The summed E-state index contributed by atoms with van der Waals surface area (Å²) in [6, 6.07) is 37.3. The van der Waals surface area contributed by atoms with E-state index in [1.54, 1.807) is 0 Å². The molecule has 0 heterocycles. The van der Waals surface area contributed by atoms with E-state index in [1.807, 2.05) is 36.4 Å². The second kappa shape index (κ2) is 14.6. The maximum Gasteiger partial charge on any atom is 0.317 e. The van der Waals surface area contributed by atoms with Crippen LogP contribution < -0.4 is 10.6 Å². The van der Waals surface area contributed by atoms with Gasteiger partial charge in [0.2, 0.25) is 11.8 Å². The van der Waals surface area contributed by atoms with Gasteiger partial charge >= 0.3 is 11.9 Å². The number of aliphatic carboxylic acids is 2. The van der Waals surface area contributed by atoms with Gasteiger partial charge in [-0.05, 0) is 75.8 Å². The van der Waals surface area contributed by atoms with Crippen molar-refractivity contribution < 1.29 is 29.4 Å². The van der Waals surface area contributed by atoms with Crippen molar-refractivity contribution in [2.24, 2.45) is 0 Å². The lowest BCUT2D eigenvalue weighted by Gasteiger charge is -2.25. The topological polar surface area (TPSA) is 139 Å². The highest BCUT2D eigenvalue weighted by molar-refractivity contribution is 6.24. The molecule has 0 fully saturated rings. The minimum absolute atomic E-state index is 0.0635. The Bertz CT molecular complexity index is 2490. The van der Waals surface area contributed by atoms with Crippen LogP contribution in [-0.4, -0.2) is 83.0 Å². The van der Waals surface area contributed by atoms with Gasteiger partial charge in [0.05, 0.1) is 26.2 Å². The molecular formula is C44H38N4O6. The first-order valence-corrected chi connectivity index (χ1v) is 17.9. The largest absolute Gasteiger partial charge is 0.480 e. The normalized spacial score (nSPS) is 12.0. The number of nitrogens with zero attached hydrogens (tertiary/aromatic N) is 2. The number of carboxylic acid groups (broad SMARTS) is 2.